The van der Waals surface area contributed by atoms with E-state index in [2.05, 4.69) is 10.6 Å². The van der Waals surface area contributed by atoms with Gasteiger partial charge in [-0.1, -0.05) is 31.7 Å². The van der Waals surface area contributed by atoms with Crippen molar-refractivity contribution in [2.24, 2.45) is 0 Å². The number of carbonyl (C=O) groups excluding carboxylic acids is 1. The topological polar surface area (TPSA) is 81.6 Å². The lowest BCUT2D eigenvalue weighted by Gasteiger charge is -2.16. The Morgan fingerprint density at radius 2 is 1.81 bits per heavy atom. The molecule has 1 aliphatic rings. The molecule has 0 bridgehead atoms. The number of benzene rings is 1. The third-order valence-electron chi connectivity index (χ3n) is 3.96. The van der Waals surface area contributed by atoms with Crippen molar-refractivity contribution in [1.82, 2.24) is 10.6 Å². The fourth-order valence-corrected chi connectivity index (χ4v) is 2.75. The van der Waals surface area contributed by atoms with Gasteiger partial charge in [-0.25, -0.2) is 0 Å². The van der Waals surface area contributed by atoms with Crippen LogP contribution in [0.25, 0.3) is 0 Å². The first kappa shape index (κ1) is 15.6. The summed E-state index contributed by atoms with van der Waals surface area (Å²) in [5.41, 5.74) is 0.101. The van der Waals surface area contributed by atoms with E-state index in [9.17, 15) is 15.0 Å². The number of nitrogens with one attached hydrogen (secondary N) is 2. The molecule has 0 atom stereocenters. The van der Waals surface area contributed by atoms with Crippen LogP contribution in [0.15, 0.2) is 18.2 Å². The SMILES string of the molecule is O=C(NCCNC1CCCCCC1)c1cccc(O)c1O. The number of phenols is 2. The molecule has 0 saturated heterocycles. The summed E-state index contributed by atoms with van der Waals surface area (Å²) in [5, 5.41) is 25.2. The molecule has 1 fully saturated rings. The monoisotopic (exact) mass is 292 g/mol. The Kier molecular flexibility index (Phi) is 5.87. The van der Waals surface area contributed by atoms with Crippen LogP contribution < -0.4 is 10.6 Å². The van der Waals surface area contributed by atoms with Crippen molar-refractivity contribution in [3.63, 3.8) is 0 Å². The minimum atomic E-state index is -0.369. The van der Waals surface area contributed by atoms with Crippen molar-refractivity contribution >= 4 is 5.91 Å². The molecule has 0 aliphatic heterocycles. The molecule has 5 nitrogen and oxygen atoms in total. The highest BCUT2D eigenvalue weighted by molar-refractivity contribution is 5.97. The van der Waals surface area contributed by atoms with Crippen LogP contribution in [0.2, 0.25) is 0 Å². The maximum Gasteiger partial charge on any atom is 0.255 e. The highest BCUT2D eigenvalue weighted by atomic mass is 16.3. The minimum absolute atomic E-state index is 0.101. The molecule has 116 valence electrons. The smallest absolute Gasteiger partial charge is 0.255 e. The van der Waals surface area contributed by atoms with Gasteiger partial charge in [0.2, 0.25) is 0 Å². The summed E-state index contributed by atoms with van der Waals surface area (Å²) in [6.07, 6.45) is 7.63. The van der Waals surface area contributed by atoms with E-state index in [0.29, 0.717) is 12.6 Å². The zero-order chi connectivity index (χ0) is 15.1. The molecule has 4 N–H and O–H groups in total. The van der Waals surface area contributed by atoms with Crippen molar-refractivity contribution in [3.8, 4) is 11.5 Å². The average Bonchev–Trinajstić information content (AvgIpc) is 2.75. The molecule has 5 heteroatoms. The Hall–Kier alpha value is -1.75. The number of para-hydroxylation sites is 1. The van der Waals surface area contributed by atoms with E-state index >= 15 is 0 Å². The lowest BCUT2D eigenvalue weighted by molar-refractivity contribution is 0.0950. The van der Waals surface area contributed by atoms with Crippen LogP contribution in [0.1, 0.15) is 48.9 Å². The number of hydrogen-bond donors (Lipinski definition) is 4. The van der Waals surface area contributed by atoms with E-state index < -0.39 is 0 Å². The molecule has 0 heterocycles. The molecule has 1 saturated carbocycles. The molecular weight excluding hydrogens is 268 g/mol. The van der Waals surface area contributed by atoms with E-state index in [1.54, 1.807) is 0 Å². The molecule has 1 aromatic rings. The van der Waals surface area contributed by atoms with Crippen LogP contribution in [0.5, 0.6) is 11.5 Å². The Balaban J connectivity index is 1.73. The first-order valence-electron chi connectivity index (χ1n) is 7.71. The number of rotatable bonds is 5. The third kappa shape index (κ3) is 4.63. The van der Waals surface area contributed by atoms with Crippen molar-refractivity contribution in [2.75, 3.05) is 13.1 Å². The standard InChI is InChI=1S/C16H24N2O3/c19-14-9-5-8-13(15(14)20)16(21)18-11-10-17-12-6-3-1-2-4-7-12/h5,8-9,12,17,19-20H,1-4,6-7,10-11H2,(H,18,21). The molecular formula is C16H24N2O3. The molecule has 2 rings (SSSR count). The number of phenolic OH excluding ortho intramolecular Hbond substituents is 2. The predicted octanol–water partition coefficient (Wildman–Crippen LogP) is 2.14. The molecule has 0 radical (unpaired) electrons. The van der Waals surface area contributed by atoms with Crippen LogP contribution in [0.4, 0.5) is 0 Å². The minimum Gasteiger partial charge on any atom is -0.504 e. The third-order valence-corrected chi connectivity index (χ3v) is 3.96. The first-order chi connectivity index (χ1) is 10.2. The van der Waals surface area contributed by atoms with Gasteiger partial charge in [-0.05, 0) is 25.0 Å². The van der Waals surface area contributed by atoms with Gasteiger partial charge in [0.05, 0.1) is 5.56 Å². The van der Waals surface area contributed by atoms with Gasteiger partial charge >= 0.3 is 0 Å². The lowest BCUT2D eigenvalue weighted by atomic mass is 10.1. The number of carbonyl (C=O) groups is 1. The Bertz CT molecular complexity index is 469. The molecule has 21 heavy (non-hydrogen) atoms. The second kappa shape index (κ2) is 7.88. The van der Waals surface area contributed by atoms with Crippen LogP contribution in [-0.2, 0) is 0 Å². The molecule has 1 amide bonds. The molecule has 0 spiro atoms. The quantitative estimate of drug-likeness (QED) is 0.381. The van der Waals surface area contributed by atoms with Gasteiger partial charge < -0.3 is 20.8 Å². The Labute approximate surface area is 125 Å². The number of aromatic hydroxyl groups is 2. The summed E-state index contributed by atoms with van der Waals surface area (Å²) in [7, 11) is 0. The van der Waals surface area contributed by atoms with Gasteiger partial charge in [0, 0.05) is 19.1 Å². The highest BCUT2D eigenvalue weighted by Crippen LogP contribution is 2.27. The first-order valence-corrected chi connectivity index (χ1v) is 7.71. The van der Waals surface area contributed by atoms with E-state index in [1.165, 1.54) is 56.7 Å². The fourth-order valence-electron chi connectivity index (χ4n) is 2.75. The van der Waals surface area contributed by atoms with Crippen LogP contribution >= 0.6 is 0 Å². The molecule has 0 aromatic heterocycles. The maximum absolute atomic E-state index is 11.9. The maximum atomic E-state index is 11.9. The van der Waals surface area contributed by atoms with Crippen molar-refractivity contribution in [3.05, 3.63) is 23.8 Å². The molecule has 1 aliphatic carbocycles. The Morgan fingerprint density at radius 1 is 1.10 bits per heavy atom. The largest absolute Gasteiger partial charge is 0.504 e. The zero-order valence-corrected chi connectivity index (χ0v) is 12.3. The fraction of sp³-hybridized carbons (Fsp3) is 0.562. The summed E-state index contributed by atoms with van der Waals surface area (Å²) < 4.78 is 0. The van der Waals surface area contributed by atoms with Gasteiger partial charge in [0.1, 0.15) is 0 Å². The van der Waals surface area contributed by atoms with E-state index in [-0.39, 0.29) is 23.0 Å². The summed E-state index contributed by atoms with van der Waals surface area (Å²) in [6, 6.07) is 4.93. The van der Waals surface area contributed by atoms with Crippen molar-refractivity contribution in [1.29, 1.82) is 0 Å². The second-order valence-electron chi connectivity index (χ2n) is 5.57. The van der Waals surface area contributed by atoms with E-state index in [4.69, 9.17) is 0 Å². The summed E-state index contributed by atoms with van der Waals surface area (Å²) in [6.45, 7) is 1.22. The summed E-state index contributed by atoms with van der Waals surface area (Å²) >= 11 is 0. The van der Waals surface area contributed by atoms with Crippen LogP contribution in [0, 0.1) is 0 Å². The normalized spacial score (nSPS) is 16.4. The van der Waals surface area contributed by atoms with E-state index in [0.717, 1.165) is 6.54 Å². The second-order valence-corrected chi connectivity index (χ2v) is 5.57. The van der Waals surface area contributed by atoms with Gasteiger partial charge in [-0.3, -0.25) is 4.79 Å². The predicted molar refractivity (Wildman–Crippen MR) is 81.6 cm³/mol. The zero-order valence-electron chi connectivity index (χ0n) is 12.3. The summed E-state index contributed by atoms with van der Waals surface area (Å²) in [5.74, 6) is -1.02. The average molecular weight is 292 g/mol. The lowest BCUT2D eigenvalue weighted by Crippen LogP contribution is -2.36. The van der Waals surface area contributed by atoms with Gasteiger partial charge in [-0.15, -0.1) is 0 Å². The highest BCUT2D eigenvalue weighted by Gasteiger charge is 2.14. The number of hydrogen-bond acceptors (Lipinski definition) is 4. The van der Waals surface area contributed by atoms with Gasteiger partial charge in [0.15, 0.2) is 11.5 Å². The van der Waals surface area contributed by atoms with Crippen LogP contribution in [-0.4, -0.2) is 35.3 Å². The van der Waals surface area contributed by atoms with Crippen molar-refractivity contribution in [2.45, 2.75) is 44.6 Å². The van der Waals surface area contributed by atoms with E-state index in [1.807, 2.05) is 0 Å². The van der Waals surface area contributed by atoms with Crippen LogP contribution in [0.3, 0.4) is 0 Å². The van der Waals surface area contributed by atoms with Crippen molar-refractivity contribution < 1.29 is 15.0 Å². The molecule has 0 unspecified atom stereocenters. The molecule has 1 aromatic carbocycles. The summed E-state index contributed by atoms with van der Waals surface area (Å²) in [4.78, 5) is 11.9. The number of amides is 1. The van der Waals surface area contributed by atoms with Gasteiger partial charge in [0.25, 0.3) is 5.91 Å². The van der Waals surface area contributed by atoms with Gasteiger partial charge in [-0.2, -0.15) is 0 Å². The Morgan fingerprint density at radius 3 is 2.52 bits per heavy atom.